The highest BCUT2D eigenvalue weighted by Crippen LogP contribution is 2.20. The summed E-state index contributed by atoms with van der Waals surface area (Å²) in [5.41, 5.74) is 6.18. The molecule has 0 aliphatic carbocycles. The van der Waals surface area contributed by atoms with E-state index >= 15 is 0 Å². The minimum absolute atomic E-state index is 0.181. The molecule has 7 heteroatoms. The number of aromatic nitrogens is 3. The van der Waals surface area contributed by atoms with Crippen molar-refractivity contribution < 1.29 is 9.53 Å². The number of hydrogen-bond acceptors (Lipinski definition) is 6. The predicted octanol–water partition coefficient (Wildman–Crippen LogP) is 1.63. The molecule has 2 rings (SSSR count). The lowest BCUT2D eigenvalue weighted by Crippen LogP contribution is -2.09. The van der Waals surface area contributed by atoms with Gasteiger partial charge in [-0.05, 0) is 6.92 Å². The second kappa shape index (κ2) is 5.40. The average molecular weight is 280 g/mol. The second-order valence-electron chi connectivity index (χ2n) is 4.04. The Morgan fingerprint density at radius 3 is 2.84 bits per heavy atom. The molecule has 2 aromatic rings. The van der Waals surface area contributed by atoms with Gasteiger partial charge in [0, 0.05) is 17.5 Å². The van der Waals surface area contributed by atoms with E-state index in [-0.39, 0.29) is 5.69 Å². The van der Waals surface area contributed by atoms with E-state index in [1.807, 2.05) is 24.6 Å². The summed E-state index contributed by atoms with van der Waals surface area (Å²) >= 11 is 1.60. The highest BCUT2D eigenvalue weighted by molar-refractivity contribution is 7.11. The number of hydrogen-bond donors (Lipinski definition) is 1. The Morgan fingerprint density at radius 1 is 1.58 bits per heavy atom. The first-order valence-corrected chi connectivity index (χ1v) is 6.73. The van der Waals surface area contributed by atoms with Crippen LogP contribution in [0.3, 0.4) is 0 Å². The smallest absolute Gasteiger partial charge is 0.360 e. The normalized spacial score (nSPS) is 10.7. The number of ether oxygens (including phenoxy) is 1. The van der Waals surface area contributed by atoms with Crippen LogP contribution in [0, 0.1) is 6.92 Å². The largest absolute Gasteiger partial charge is 0.464 e. The van der Waals surface area contributed by atoms with Crippen LogP contribution in [-0.4, -0.2) is 27.6 Å². The van der Waals surface area contributed by atoms with Crippen LogP contribution in [0.1, 0.15) is 33.1 Å². The van der Waals surface area contributed by atoms with E-state index in [0.29, 0.717) is 18.8 Å². The molecule has 0 bridgehead atoms. The van der Waals surface area contributed by atoms with Gasteiger partial charge in [-0.15, -0.1) is 11.3 Å². The monoisotopic (exact) mass is 280 g/mol. The number of imidazole rings is 1. The molecule has 0 fully saturated rings. The van der Waals surface area contributed by atoms with Crippen molar-refractivity contribution >= 4 is 23.1 Å². The highest BCUT2D eigenvalue weighted by atomic mass is 32.1. The molecule has 102 valence electrons. The number of nitrogens with two attached hydrogens (primary N) is 1. The van der Waals surface area contributed by atoms with Crippen molar-refractivity contribution in [2.45, 2.75) is 26.8 Å². The van der Waals surface area contributed by atoms with Gasteiger partial charge in [0.1, 0.15) is 11.6 Å². The van der Waals surface area contributed by atoms with Gasteiger partial charge in [-0.1, -0.05) is 6.92 Å². The van der Waals surface area contributed by atoms with Gasteiger partial charge in [0.2, 0.25) is 0 Å². The molecule has 2 aromatic heterocycles. The molecule has 0 radical (unpaired) electrons. The molecule has 0 atom stereocenters. The lowest BCUT2D eigenvalue weighted by molar-refractivity contribution is 0.0595. The minimum atomic E-state index is -0.508. The third-order valence-corrected chi connectivity index (χ3v) is 3.66. The van der Waals surface area contributed by atoms with E-state index in [9.17, 15) is 4.79 Å². The van der Waals surface area contributed by atoms with Crippen LogP contribution in [0.15, 0.2) is 6.20 Å². The number of anilines is 1. The summed E-state index contributed by atoms with van der Waals surface area (Å²) in [5.74, 6) is 0.602. The van der Waals surface area contributed by atoms with E-state index in [0.717, 1.165) is 15.7 Å². The van der Waals surface area contributed by atoms with Gasteiger partial charge >= 0.3 is 5.97 Å². The Morgan fingerprint density at radius 2 is 2.32 bits per heavy atom. The van der Waals surface area contributed by atoms with Crippen molar-refractivity contribution in [2.75, 3.05) is 12.8 Å². The van der Waals surface area contributed by atoms with Gasteiger partial charge in [0.05, 0.1) is 18.7 Å². The maximum atomic E-state index is 11.6. The van der Waals surface area contributed by atoms with Crippen LogP contribution in [0.25, 0.3) is 0 Å². The summed E-state index contributed by atoms with van der Waals surface area (Å²) in [4.78, 5) is 21.1. The Hall–Kier alpha value is -1.89. The summed E-state index contributed by atoms with van der Waals surface area (Å²) < 4.78 is 6.51. The van der Waals surface area contributed by atoms with E-state index in [2.05, 4.69) is 14.7 Å². The van der Waals surface area contributed by atoms with Gasteiger partial charge in [0.15, 0.2) is 5.69 Å². The highest BCUT2D eigenvalue weighted by Gasteiger charge is 2.20. The summed E-state index contributed by atoms with van der Waals surface area (Å²) in [6, 6.07) is 0. The first kappa shape index (κ1) is 13.5. The molecule has 2 N–H and O–H groups in total. The summed E-state index contributed by atoms with van der Waals surface area (Å²) in [7, 11) is 1.32. The van der Waals surface area contributed by atoms with Crippen molar-refractivity contribution in [3.63, 3.8) is 0 Å². The topological polar surface area (TPSA) is 83.0 Å². The number of esters is 1. The summed E-state index contributed by atoms with van der Waals surface area (Å²) in [5, 5.41) is 1.000. The van der Waals surface area contributed by atoms with Crippen molar-refractivity contribution in [1.29, 1.82) is 0 Å². The Bertz CT molecular complexity index is 603. The fourth-order valence-electron chi connectivity index (χ4n) is 1.84. The standard InChI is InChI=1S/C12H16N4O2S/c1-4-9-15-10(12(17)18-3)11(13)16(9)6-8-5-14-7(2)19-8/h5H,4,6,13H2,1-3H3. The number of aryl methyl sites for hydroxylation is 2. The molecular formula is C12H16N4O2S. The lowest BCUT2D eigenvalue weighted by Gasteiger charge is -2.06. The van der Waals surface area contributed by atoms with Gasteiger partial charge in [-0.25, -0.2) is 14.8 Å². The number of rotatable bonds is 4. The third-order valence-electron chi connectivity index (χ3n) is 2.76. The first-order valence-electron chi connectivity index (χ1n) is 5.91. The van der Waals surface area contributed by atoms with Crippen LogP contribution >= 0.6 is 11.3 Å². The van der Waals surface area contributed by atoms with Gasteiger partial charge < -0.3 is 15.0 Å². The molecule has 2 heterocycles. The number of methoxy groups -OCH3 is 1. The van der Waals surface area contributed by atoms with Gasteiger partial charge in [-0.2, -0.15) is 0 Å². The quantitative estimate of drug-likeness (QED) is 0.861. The number of carbonyl (C=O) groups is 1. The number of nitrogen functional groups attached to an aromatic ring is 1. The van der Waals surface area contributed by atoms with E-state index in [4.69, 9.17) is 5.73 Å². The van der Waals surface area contributed by atoms with E-state index in [1.54, 1.807) is 11.3 Å². The summed E-state index contributed by atoms with van der Waals surface area (Å²) in [6.07, 6.45) is 2.51. The number of carbonyl (C=O) groups excluding carboxylic acids is 1. The zero-order chi connectivity index (χ0) is 14.0. The average Bonchev–Trinajstić information content (AvgIpc) is 2.94. The SMILES string of the molecule is CCc1nc(C(=O)OC)c(N)n1Cc1cnc(C)s1. The number of nitrogens with zero attached hydrogens (tertiary/aromatic N) is 3. The van der Waals surface area contributed by atoms with Gasteiger partial charge in [-0.3, -0.25) is 0 Å². The van der Waals surface area contributed by atoms with Crippen LogP contribution in [-0.2, 0) is 17.7 Å². The molecule has 0 amide bonds. The second-order valence-corrected chi connectivity index (χ2v) is 5.36. The predicted molar refractivity (Wildman–Crippen MR) is 73.3 cm³/mol. The molecule has 6 nitrogen and oxygen atoms in total. The fraction of sp³-hybridized carbons (Fsp3) is 0.417. The molecule has 0 saturated heterocycles. The van der Waals surface area contributed by atoms with Crippen molar-refractivity contribution in [3.05, 3.63) is 27.6 Å². The molecule has 0 aromatic carbocycles. The zero-order valence-electron chi connectivity index (χ0n) is 11.1. The zero-order valence-corrected chi connectivity index (χ0v) is 12.0. The molecule has 0 aliphatic rings. The molecule has 0 spiro atoms. The number of thiazole rings is 1. The molecular weight excluding hydrogens is 264 g/mol. The van der Waals surface area contributed by atoms with Crippen LogP contribution in [0.5, 0.6) is 0 Å². The molecule has 0 aliphatic heterocycles. The van der Waals surface area contributed by atoms with Gasteiger partial charge in [0.25, 0.3) is 0 Å². The van der Waals surface area contributed by atoms with Crippen LogP contribution in [0.2, 0.25) is 0 Å². The maximum Gasteiger partial charge on any atom is 0.360 e. The van der Waals surface area contributed by atoms with Crippen molar-refractivity contribution in [1.82, 2.24) is 14.5 Å². The van der Waals surface area contributed by atoms with E-state index in [1.165, 1.54) is 7.11 Å². The fourth-order valence-corrected chi connectivity index (χ4v) is 2.62. The van der Waals surface area contributed by atoms with Crippen molar-refractivity contribution in [2.24, 2.45) is 0 Å². The Balaban J connectivity index is 2.38. The Kier molecular flexibility index (Phi) is 3.84. The summed E-state index contributed by atoms with van der Waals surface area (Å²) in [6.45, 7) is 4.49. The lowest BCUT2D eigenvalue weighted by atomic mass is 10.4. The van der Waals surface area contributed by atoms with Crippen molar-refractivity contribution in [3.8, 4) is 0 Å². The van der Waals surface area contributed by atoms with E-state index < -0.39 is 5.97 Å². The Labute approximate surface area is 115 Å². The maximum absolute atomic E-state index is 11.6. The third kappa shape index (κ3) is 2.60. The molecule has 19 heavy (non-hydrogen) atoms. The molecule has 0 unspecified atom stereocenters. The minimum Gasteiger partial charge on any atom is -0.464 e. The van der Waals surface area contributed by atoms with Crippen LogP contribution < -0.4 is 5.73 Å². The first-order chi connectivity index (χ1) is 9.06. The molecule has 0 saturated carbocycles. The van der Waals surface area contributed by atoms with Crippen LogP contribution in [0.4, 0.5) is 5.82 Å².